The maximum atomic E-state index is 11.8. The fourth-order valence-corrected chi connectivity index (χ4v) is 2.68. The van der Waals surface area contributed by atoms with Gasteiger partial charge in [0, 0.05) is 32.6 Å². The molecule has 0 spiro atoms. The normalized spacial score (nSPS) is 15.7. The van der Waals surface area contributed by atoms with E-state index in [0.717, 1.165) is 52.2 Å². The number of ether oxygens (including phenoxy) is 1. The maximum absolute atomic E-state index is 11.8. The van der Waals surface area contributed by atoms with E-state index in [0.29, 0.717) is 6.42 Å². The van der Waals surface area contributed by atoms with Gasteiger partial charge in [-0.2, -0.15) is 0 Å². The second-order valence-corrected chi connectivity index (χ2v) is 6.08. The minimum absolute atomic E-state index is 0.164. The summed E-state index contributed by atoms with van der Waals surface area (Å²) >= 11 is 0. The van der Waals surface area contributed by atoms with E-state index in [9.17, 15) is 4.79 Å². The van der Waals surface area contributed by atoms with Crippen molar-refractivity contribution in [2.24, 2.45) is 0 Å². The van der Waals surface area contributed by atoms with Gasteiger partial charge in [-0.15, -0.1) is 0 Å². The lowest BCUT2D eigenvalue weighted by atomic mass is 10.0. The van der Waals surface area contributed by atoms with Crippen molar-refractivity contribution in [3.8, 4) is 0 Å². The second kappa shape index (κ2) is 8.91. The van der Waals surface area contributed by atoms with Gasteiger partial charge in [0.1, 0.15) is 0 Å². The summed E-state index contributed by atoms with van der Waals surface area (Å²) in [7, 11) is 0. The van der Waals surface area contributed by atoms with Gasteiger partial charge >= 0.3 is 0 Å². The minimum atomic E-state index is 0.164. The lowest BCUT2D eigenvalue weighted by Gasteiger charge is -2.26. The van der Waals surface area contributed by atoms with Crippen molar-refractivity contribution in [2.45, 2.75) is 33.1 Å². The van der Waals surface area contributed by atoms with Crippen LogP contribution in [-0.4, -0.2) is 50.2 Å². The van der Waals surface area contributed by atoms with E-state index in [4.69, 9.17) is 4.74 Å². The molecule has 1 aliphatic heterocycles. The van der Waals surface area contributed by atoms with Crippen LogP contribution < -0.4 is 5.32 Å². The number of nitrogens with one attached hydrogen (secondary N) is 1. The van der Waals surface area contributed by atoms with Gasteiger partial charge in [0.2, 0.25) is 5.91 Å². The summed E-state index contributed by atoms with van der Waals surface area (Å²) in [5, 5.41) is 3.02. The van der Waals surface area contributed by atoms with Crippen molar-refractivity contribution in [3.63, 3.8) is 0 Å². The van der Waals surface area contributed by atoms with Gasteiger partial charge in [-0.3, -0.25) is 9.69 Å². The third-order valence-corrected chi connectivity index (χ3v) is 4.29. The highest BCUT2D eigenvalue weighted by Crippen LogP contribution is 2.12. The molecule has 0 aliphatic carbocycles. The number of morpholine rings is 1. The molecule has 1 aliphatic rings. The predicted octanol–water partition coefficient (Wildman–Crippen LogP) is 2.07. The summed E-state index contributed by atoms with van der Waals surface area (Å²) < 4.78 is 5.31. The molecule has 0 bridgehead atoms. The number of carbonyl (C=O) groups is 1. The predicted molar refractivity (Wildman–Crippen MR) is 89.1 cm³/mol. The molecule has 2 rings (SSSR count). The fourth-order valence-electron chi connectivity index (χ4n) is 2.68. The number of hydrogen-bond acceptors (Lipinski definition) is 3. The Morgan fingerprint density at radius 1 is 1.23 bits per heavy atom. The molecule has 1 heterocycles. The van der Waals surface area contributed by atoms with Crippen LogP contribution in [0.3, 0.4) is 0 Å². The van der Waals surface area contributed by atoms with E-state index < -0.39 is 0 Å². The van der Waals surface area contributed by atoms with Crippen molar-refractivity contribution in [1.82, 2.24) is 10.2 Å². The SMILES string of the molecule is Cc1ccc(CCCC(=O)NCCN2CCOCC2)cc1C. The summed E-state index contributed by atoms with van der Waals surface area (Å²) in [5.74, 6) is 0.164. The van der Waals surface area contributed by atoms with Crippen LogP contribution in [0.2, 0.25) is 0 Å². The third-order valence-electron chi connectivity index (χ3n) is 4.29. The van der Waals surface area contributed by atoms with E-state index >= 15 is 0 Å². The van der Waals surface area contributed by atoms with Crippen LogP contribution >= 0.6 is 0 Å². The molecule has 1 saturated heterocycles. The zero-order chi connectivity index (χ0) is 15.8. The average molecular weight is 304 g/mol. The summed E-state index contributed by atoms with van der Waals surface area (Å²) in [5.41, 5.74) is 3.97. The first-order chi connectivity index (χ1) is 10.6. The molecule has 1 aromatic rings. The highest BCUT2D eigenvalue weighted by Gasteiger charge is 2.10. The van der Waals surface area contributed by atoms with Gasteiger partial charge in [-0.25, -0.2) is 0 Å². The van der Waals surface area contributed by atoms with E-state index in [-0.39, 0.29) is 5.91 Å². The summed E-state index contributed by atoms with van der Waals surface area (Å²) in [4.78, 5) is 14.2. The van der Waals surface area contributed by atoms with Crippen LogP contribution in [0.5, 0.6) is 0 Å². The Hall–Kier alpha value is -1.39. The first kappa shape index (κ1) is 17.0. The first-order valence-corrected chi connectivity index (χ1v) is 8.28. The average Bonchev–Trinajstić information content (AvgIpc) is 2.52. The molecular weight excluding hydrogens is 276 g/mol. The van der Waals surface area contributed by atoms with Crippen molar-refractivity contribution in [3.05, 3.63) is 34.9 Å². The minimum Gasteiger partial charge on any atom is -0.379 e. The Kier molecular flexibility index (Phi) is 6.87. The lowest BCUT2D eigenvalue weighted by Crippen LogP contribution is -2.41. The molecule has 1 N–H and O–H groups in total. The quantitative estimate of drug-likeness (QED) is 0.838. The zero-order valence-corrected chi connectivity index (χ0v) is 13.9. The van der Waals surface area contributed by atoms with E-state index in [1.54, 1.807) is 0 Å². The number of benzene rings is 1. The van der Waals surface area contributed by atoms with Gasteiger partial charge in [-0.05, 0) is 43.4 Å². The number of nitrogens with zero attached hydrogens (tertiary/aromatic N) is 1. The molecule has 4 heteroatoms. The smallest absolute Gasteiger partial charge is 0.220 e. The lowest BCUT2D eigenvalue weighted by molar-refractivity contribution is -0.121. The molecule has 1 amide bonds. The summed E-state index contributed by atoms with van der Waals surface area (Å²) in [6, 6.07) is 6.55. The number of aryl methyl sites for hydroxylation is 3. The highest BCUT2D eigenvalue weighted by molar-refractivity contribution is 5.75. The van der Waals surface area contributed by atoms with Gasteiger partial charge in [0.15, 0.2) is 0 Å². The van der Waals surface area contributed by atoms with Crippen LogP contribution in [0.4, 0.5) is 0 Å². The number of carbonyl (C=O) groups excluding carboxylic acids is 1. The van der Waals surface area contributed by atoms with Crippen LogP contribution in [0.15, 0.2) is 18.2 Å². The summed E-state index contributed by atoms with van der Waals surface area (Å²) in [6.07, 6.45) is 2.49. The number of hydrogen-bond donors (Lipinski definition) is 1. The molecule has 1 aromatic carbocycles. The highest BCUT2D eigenvalue weighted by atomic mass is 16.5. The fraction of sp³-hybridized carbons (Fsp3) is 0.611. The number of rotatable bonds is 7. The molecule has 0 unspecified atom stereocenters. The molecule has 0 radical (unpaired) electrons. The third kappa shape index (κ3) is 5.78. The van der Waals surface area contributed by atoms with Crippen LogP contribution in [0, 0.1) is 13.8 Å². The molecule has 0 saturated carbocycles. The van der Waals surface area contributed by atoms with Crippen LogP contribution in [0.25, 0.3) is 0 Å². The van der Waals surface area contributed by atoms with Crippen molar-refractivity contribution >= 4 is 5.91 Å². The Morgan fingerprint density at radius 2 is 2.00 bits per heavy atom. The van der Waals surface area contributed by atoms with Crippen molar-refractivity contribution in [2.75, 3.05) is 39.4 Å². The molecule has 0 aromatic heterocycles. The van der Waals surface area contributed by atoms with Crippen molar-refractivity contribution < 1.29 is 9.53 Å². The second-order valence-electron chi connectivity index (χ2n) is 6.08. The Balaban J connectivity index is 1.58. The monoisotopic (exact) mass is 304 g/mol. The largest absolute Gasteiger partial charge is 0.379 e. The Labute approximate surface area is 133 Å². The Bertz CT molecular complexity index is 482. The number of amides is 1. The molecule has 22 heavy (non-hydrogen) atoms. The standard InChI is InChI=1S/C18H28N2O2/c1-15-6-7-17(14-16(15)2)4-3-5-18(21)19-8-9-20-10-12-22-13-11-20/h6-7,14H,3-5,8-13H2,1-2H3,(H,19,21). The molecule has 122 valence electrons. The molecule has 1 fully saturated rings. The molecule has 0 atom stereocenters. The topological polar surface area (TPSA) is 41.6 Å². The molecular formula is C18H28N2O2. The van der Waals surface area contributed by atoms with Gasteiger partial charge in [0.25, 0.3) is 0 Å². The van der Waals surface area contributed by atoms with Crippen LogP contribution in [0.1, 0.15) is 29.5 Å². The van der Waals surface area contributed by atoms with Gasteiger partial charge in [-0.1, -0.05) is 18.2 Å². The first-order valence-electron chi connectivity index (χ1n) is 8.28. The van der Waals surface area contributed by atoms with Gasteiger partial charge < -0.3 is 10.1 Å². The Morgan fingerprint density at radius 3 is 2.73 bits per heavy atom. The van der Waals surface area contributed by atoms with E-state index in [1.165, 1.54) is 16.7 Å². The van der Waals surface area contributed by atoms with E-state index in [1.807, 2.05) is 0 Å². The zero-order valence-electron chi connectivity index (χ0n) is 13.9. The molecule has 4 nitrogen and oxygen atoms in total. The van der Waals surface area contributed by atoms with Gasteiger partial charge in [0.05, 0.1) is 13.2 Å². The van der Waals surface area contributed by atoms with E-state index in [2.05, 4.69) is 42.3 Å². The van der Waals surface area contributed by atoms with Crippen molar-refractivity contribution in [1.29, 1.82) is 0 Å². The van der Waals surface area contributed by atoms with Crippen LogP contribution in [-0.2, 0) is 16.0 Å². The summed E-state index contributed by atoms with van der Waals surface area (Å²) in [6.45, 7) is 9.49. The maximum Gasteiger partial charge on any atom is 0.220 e.